The van der Waals surface area contributed by atoms with Crippen molar-refractivity contribution >= 4 is 39.1 Å². The fraction of sp³-hybridized carbons (Fsp3) is 0.296. The van der Waals surface area contributed by atoms with Crippen LogP contribution in [0.25, 0.3) is 0 Å². The minimum atomic E-state index is -0.299. The van der Waals surface area contributed by atoms with Crippen LogP contribution in [0.4, 0.5) is 10.1 Å². The predicted octanol–water partition coefficient (Wildman–Crippen LogP) is 4.92. The average molecular weight is 553 g/mol. The van der Waals surface area contributed by atoms with Gasteiger partial charge < -0.3 is 14.2 Å². The minimum absolute atomic E-state index is 0.173. The van der Waals surface area contributed by atoms with Crippen molar-refractivity contribution in [3.05, 3.63) is 87.0 Å². The molecule has 0 unspecified atom stereocenters. The number of amides is 2. The van der Waals surface area contributed by atoms with Crippen LogP contribution < -0.4 is 10.3 Å². The Hall–Kier alpha value is -3.46. The third-order valence-corrected chi connectivity index (χ3v) is 7.21. The lowest BCUT2D eigenvalue weighted by Crippen LogP contribution is -2.49. The molecule has 0 radical (unpaired) electrons. The zero-order valence-corrected chi connectivity index (χ0v) is 21.5. The van der Waals surface area contributed by atoms with Crippen LogP contribution in [0.2, 0.25) is 0 Å². The fourth-order valence-corrected chi connectivity index (χ4v) is 5.03. The Morgan fingerprint density at radius 1 is 1.03 bits per heavy atom. The number of anilines is 1. The molecule has 2 amide bonds. The number of piperazine rings is 1. The van der Waals surface area contributed by atoms with Gasteiger partial charge in [0.15, 0.2) is 5.76 Å². The lowest BCUT2D eigenvalue weighted by molar-refractivity contribution is 0.0711. The van der Waals surface area contributed by atoms with E-state index in [0.717, 1.165) is 27.8 Å². The van der Waals surface area contributed by atoms with E-state index >= 15 is 0 Å². The first kappa shape index (κ1) is 24.2. The van der Waals surface area contributed by atoms with E-state index in [1.807, 2.05) is 17.9 Å². The van der Waals surface area contributed by atoms with Gasteiger partial charge in [-0.3, -0.25) is 9.59 Å². The molecule has 1 aromatic heterocycles. The van der Waals surface area contributed by atoms with Crippen LogP contribution in [0.1, 0.15) is 50.6 Å². The summed E-state index contributed by atoms with van der Waals surface area (Å²) in [5, 5.41) is 4.40. The maximum absolute atomic E-state index is 14.2. The highest BCUT2D eigenvalue weighted by Crippen LogP contribution is 2.31. The summed E-state index contributed by atoms with van der Waals surface area (Å²) < 4.78 is 21.1. The predicted molar refractivity (Wildman–Crippen MR) is 139 cm³/mol. The van der Waals surface area contributed by atoms with E-state index in [9.17, 15) is 14.0 Å². The number of halogens is 2. The van der Waals surface area contributed by atoms with Gasteiger partial charge in [0.2, 0.25) is 0 Å². The van der Waals surface area contributed by atoms with Crippen LogP contribution in [0, 0.1) is 12.7 Å². The van der Waals surface area contributed by atoms with E-state index < -0.39 is 0 Å². The summed E-state index contributed by atoms with van der Waals surface area (Å²) >= 11 is 3.36. The van der Waals surface area contributed by atoms with Crippen LogP contribution in [-0.2, 0) is 6.42 Å². The summed E-state index contributed by atoms with van der Waals surface area (Å²) in [6.07, 6.45) is 2.22. The fourth-order valence-electron chi connectivity index (χ4n) is 4.77. The molecule has 1 saturated heterocycles. The molecule has 1 fully saturated rings. The molecule has 186 valence electrons. The summed E-state index contributed by atoms with van der Waals surface area (Å²) in [4.78, 5) is 29.6. The summed E-state index contributed by atoms with van der Waals surface area (Å²) in [5.41, 5.74) is 5.97. The monoisotopic (exact) mass is 552 g/mol. The number of fused-ring (bicyclic) bond motifs is 1. The van der Waals surface area contributed by atoms with Gasteiger partial charge in [-0.15, -0.1) is 0 Å². The Morgan fingerprint density at radius 3 is 2.47 bits per heavy atom. The van der Waals surface area contributed by atoms with Crippen molar-refractivity contribution in [2.45, 2.75) is 26.2 Å². The van der Waals surface area contributed by atoms with Gasteiger partial charge in [-0.2, -0.15) is 5.10 Å². The average Bonchev–Trinajstić information content (AvgIpc) is 3.24. The number of para-hydroxylation sites is 1. The lowest BCUT2D eigenvalue weighted by atomic mass is 9.93. The highest BCUT2D eigenvalue weighted by molar-refractivity contribution is 9.10. The highest BCUT2D eigenvalue weighted by Gasteiger charge is 2.32. The molecule has 0 spiro atoms. The number of carbonyl (C=O) groups is 2. The summed E-state index contributed by atoms with van der Waals surface area (Å²) in [5.74, 6) is 0.309. The number of rotatable bonds is 4. The molecule has 36 heavy (non-hydrogen) atoms. The van der Waals surface area contributed by atoms with Crippen molar-refractivity contribution in [2.75, 3.05) is 31.1 Å². The molecule has 1 aliphatic heterocycles. The molecule has 1 N–H and O–H groups in total. The molecule has 1 aliphatic carbocycles. The van der Waals surface area contributed by atoms with E-state index in [0.29, 0.717) is 61.7 Å². The van der Waals surface area contributed by atoms with Gasteiger partial charge in [0.25, 0.3) is 11.8 Å². The van der Waals surface area contributed by atoms with Crippen molar-refractivity contribution in [3.8, 4) is 0 Å². The van der Waals surface area contributed by atoms with E-state index in [2.05, 4.69) is 26.5 Å². The van der Waals surface area contributed by atoms with Crippen molar-refractivity contribution in [3.63, 3.8) is 0 Å². The SMILES string of the molecule is Cc1c(C(=O)N2CCN(c3ccccc3F)CC2)oc2c1/C(=N/NC(=O)c1ccc(Br)cc1)CCC2. The van der Waals surface area contributed by atoms with E-state index in [4.69, 9.17) is 4.42 Å². The maximum Gasteiger partial charge on any atom is 0.289 e. The van der Waals surface area contributed by atoms with Crippen molar-refractivity contribution in [1.29, 1.82) is 0 Å². The van der Waals surface area contributed by atoms with Crippen LogP contribution in [0.3, 0.4) is 0 Å². The minimum Gasteiger partial charge on any atom is -0.455 e. The Bertz CT molecular complexity index is 1330. The Kier molecular flexibility index (Phi) is 6.91. The zero-order valence-electron chi connectivity index (χ0n) is 19.9. The standard InChI is InChI=1S/C27H26BrFN4O3/c1-17-24-21(30-31-26(34)18-9-11-19(28)12-10-18)6-4-8-23(24)36-25(17)27(35)33-15-13-32(14-16-33)22-7-3-2-5-20(22)29/h2-3,5,7,9-12H,4,6,8,13-16H2,1H3,(H,31,34)/b30-21+. The third kappa shape index (κ3) is 4.80. The highest BCUT2D eigenvalue weighted by atomic mass is 79.9. The molecular formula is C27H26BrFN4O3. The molecule has 2 aromatic carbocycles. The number of hydrogen-bond donors (Lipinski definition) is 1. The third-order valence-electron chi connectivity index (χ3n) is 6.68. The molecule has 7 nitrogen and oxygen atoms in total. The van der Waals surface area contributed by atoms with Gasteiger partial charge in [-0.05, 0) is 56.2 Å². The first-order valence-electron chi connectivity index (χ1n) is 12.0. The zero-order chi connectivity index (χ0) is 25.2. The number of hydrazone groups is 1. The molecule has 3 aromatic rings. The topological polar surface area (TPSA) is 78.2 Å². The Morgan fingerprint density at radius 2 is 1.75 bits per heavy atom. The molecule has 2 heterocycles. The number of hydrogen-bond acceptors (Lipinski definition) is 5. The molecule has 0 atom stereocenters. The van der Waals surface area contributed by atoms with Gasteiger partial charge in [-0.25, -0.2) is 9.82 Å². The van der Waals surface area contributed by atoms with Gasteiger partial charge in [-0.1, -0.05) is 28.1 Å². The van der Waals surface area contributed by atoms with Crippen LogP contribution in [0.15, 0.2) is 62.5 Å². The molecule has 9 heteroatoms. The van der Waals surface area contributed by atoms with E-state index in [-0.39, 0.29) is 17.6 Å². The lowest BCUT2D eigenvalue weighted by Gasteiger charge is -2.35. The summed E-state index contributed by atoms with van der Waals surface area (Å²) in [7, 11) is 0. The Labute approximate surface area is 217 Å². The van der Waals surface area contributed by atoms with Gasteiger partial charge in [0, 0.05) is 53.8 Å². The second-order valence-electron chi connectivity index (χ2n) is 8.94. The van der Waals surface area contributed by atoms with Crippen LogP contribution in [0.5, 0.6) is 0 Å². The summed E-state index contributed by atoms with van der Waals surface area (Å²) in [6.45, 7) is 3.90. The molecule has 0 saturated carbocycles. The first-order valence-corrected chi connectivity index (χ1v) is 12.8. The van der Waals surface area contributed by atoms with Gasteiger partial charge in [0.05, 0.1) is 11.4 Å². The van der Waals surface area contributed by atoms with Crippen molar-refractivity contribution < 1.29 is 18.4 Å². The molecule has 5 rings (SSSR count). The number of nitrogens with zero attached hydrogens (tertiary/aromatic N) is 3. The largest absolute Gasteiger partial charge is 0.455 e. The van der Waals surface area contributed by atoms with Crippen LogP contribution in [-0.4, -0.2) is 48.6 Å². The Balaban J connectivity index is 1.30. The number of benzene rings is 2. The second kappa shape index (κ2) is 10.3. The van der Waals surface area contributed by atoms with Crippen LogP contribution >= 0.6 is 15.9 Å². The number of nitrogens with one attached hydrogen (secondary N) is 1. The molecule has 2 aliphatic rings. The van der Waals surface area contributed by atoms with E-state index in [1.54, 1.807) is 41.3 Å². The quantitative estimate of drug-likeness (QED) is 0.466. The van der Waals surface area contributed by atoms with Crippen molar-refractivity contribution in [1.82, 2.24) is 10.3 Å². The number of carbonyl (C=O) groups excluding carboxylic acids is 2. The van der Waals surface area contributed by atoms with Gasteiger partial charge >= 0.3 is 0 Å². The first-order chi connectivity index (χ1) is 17.4. The number of furan rings is 1. The summed E-state index contributed by atoms with van der Waals surface area (Å²) in [6, 6.07) is 13.7. The van der Waals surface area contributed by atoms with Crippen molar-refractivity contribution in [2.24, 2.45) is 5.10 Å². The normalized spacial score (nSPS) is 16.7. The molecule has 0 bridgehead atoms. The second-order valence-corrected chi connectivity index (χ2v) is 9.86. The maximum atomic E-state index is 14.2. The number of aryl methyl sites for hydroxylation is 1. The smallest absolute Gasteiger partial charge is 0.289 e. The molecular weight excluding hydrogens is 527 g/mol. The van der Waals surface area contributed by atoms with E-state index in [1.165, 1.54) is 6.07 Å². The van der Waals surface area contributed by atoms with Gasteiger partial charge in [0.1, 0.15) is 11.6 Å².